The van der Waals surface area contributed by atoms with Crippen molar-refractivity contribution < 1.29 is 21.4 Å². The van der Waals surface area contributed by atoms with E-state index in [1.54, 1.807) is 12.1 Å². The van der Waals surface area contributed by atoms with Crippen LogP contribution in [0.2, 0.25) is 0 Å². The summed E-state index contributed by atoms with van der Waals surface area (Å²) in [5.74, 6) is -0.241. The summed E-state index contributed by atoms with van der Waals surface area (Å²) in [5, 5.41) is 0.282. The van der Waals surface area contributed by atoms with Crippen molar-refractivity contribution >= 4 is 21.1 Å². The van der Waals surface area contributed by atoms with Gasteiger partial charge in [-0.1, -0.05) is 12.1 Å². The van der Waals surface area contributed by atoms with Crippen LogP contribution in [0.25, 0.3) is 11.0 Å². The number of alkyl halides is 1. The first kappa shape index (κ1) is 11.6. The monoisotopic (exact) mass is 258 g/mol. The van der Waals surface area contributed by atoms with Crippen molar-refractivity contribution in [3.8, 4) is 5.75 Å². The fourth-order valence-corrected chi connectivity index (χ4v) is 1.77. The van der Waals surface area contributed by atoms with Gasteiger partial charge < -0.3 is 8.60 Å². The molecule has 17 heavy (non-hydrogen) atoms. The minimum atomic E-state index is -4.33. The molecule has 0 aliphatic rings. The minimum Gasteiger partial charge on any atom is -0.422 e. The molecule has 0 spiro atoms. The lowest BCUT2D eigenvalue weighted by atomic mass is 10.2. The largest absolute Gasteiger partial charge is 0.422 e. The van der Waals surface area contributed by atoms with Gasteiger partial charge in [-0.2, -0.15) is 8.42 Å². The Bertz CT molecular complexity index is 704. The molecule has 0 aliphatic carbocycles. The topological polar surface area (TPSA) is 73.6 Å². The van der Waals surface area contributed by atoms with E-state index in [1.165, 1.54) is 12.1 Å². The molecule has 2 aromatic rings. The molecular weight excluding hydrogens is 251 g/mol. The minimum absolute atomic E-state index is 0.170. The molecule has 0 radical (unpaired) electrons. The molecule has 0 saturated carbocycles. The standard InChI is InChI=1S/C10H7FO5S/c11-6-17(13,14)16-9-5-10(12)15-8-4-2-1-3-7(8)9/h1-5H,6H2. The summed E-state index contributed by atoms with van der Waals surface area (Å²) < 4.78 is 43.4. The predicted molar refractivity (Wildman–Crippen MR) is 58.0 cm³/mol. The van der Waals surface area contributed by atoms with Crippen molar-refractivity contribution in [3.05, 3.63) is 40.8 Å². The third kappa shape index (κ3) is 2.44. The highest BCUT2D eigenvalue weighted by atomic mass is 32.2. The number of rotatable bonds is 3. The highest BCUT2D eigenvalue weighted by Crippen LogP contribution is 2.24. The highest BCUT2D eigenvalue weighted by Gasteiger charge is 2.15. The molecule has 1 heterocycles. The summed E-state index contributed by atoms with van der Waals surface area (Å²) in [5.41, 5.74) is -0.600. The van der Waals surface area contributed by atoms with E-state index in [2.05, 4.69) is 4.18 Å². The number of halogens is 1. The van der Waals surface area contributed by atoms with Crippen LogP contribution >= 0.6 is 0 Å². The third-order valence-corrected chi connectivity index (χ3v) is 2.66. The Morgan fingerprint density at radius 2 is 2.00 bits per heavy atom. The Morgan fingerprint density at radius 1 is 1.29 bits per heavy atom. The van der Waals surface area contributed by atoms with Gasteiger partial charge in [-0.25, -0.2) is 9.18 Å². The molecule has 0 fully saturated rings. The fourth-order valence-electron chi connectivity index (χ4n) is 1.31. The Labute approximate surface area is 95.6 Å². The predicted octanol–water partition coefficient (Wildman–Crippen LogP) is 1.43. The lowest BCUT2D eigenvalue weighted by molar-refractivity contribution is 0.450. The fraction of sp³-hybridized carbons (Fsp3) is 0.100. The normalized spacial score (nSPS) is 11.6. The van der Waals surface area contributed by atoms with Gasteiger partial charge in [0.2, 0.25) is 6.01 Å². The molecular formula is C10H7FO5S. The molecule has 0 aliphatic heterocycles. The average Bonchev–Trinajstić information content (AvgIpc) is 2.28. The van der Waals surface area contributed by atoms with E-state index in [-0.39, 0.29) is 16.7 Å². The summed E-state index contributed by atoms with van der Waals surface area (Å²) in [4.78, 5) is 11.1. The van der Waals surface area contributed by atoms with Crippen molar-refractivity contribution in [3.63, 3.8) is 0 Å². The number of fused-ring (bicyclic) bond motifs is 1. The van der Waals surface area contributed by atoms with Gasteiger partial charge in [0, 0.05) is 0 Å². The van der Waals surface area contributed by atoms with Crippen LogP contribution in [-0.2, 0) is 10.1 Å². The highest BCUT2D eigenvalue weighted by molar-refractivity contribution is 7.86. The summed E-state index contributed by atoms with van der Waals surface area (Å²) >= 11 is 0. The van der Waals surface area contributed by atoms with E-state index in [4.69, 9.17) is 4.42 Å². The first-order valence-corrected chi connectivity index (χ1v) is 6.10. The molecule has 1 aromatic heterocycles. The maximum absolute atomic E-state index is 12.1. The van der Waals surface area contributed by atoms with Gasteiger partial charge in [0.15, 0.2) is 5.75 Å². The lowest BCUT2D eigenvalue weighted by Gasteiger charge is -2.05. The van der Waals surface area contributed by atoms with Crippen molar-refractivity contribution in [1.82, 2.24) is 0 Å². The lowest BCUT2D eigenvalue weighted by Crippen LogP contribution is -2.12. The van der Waals surface area contributed by atoms with Crippen molar-refractivity contribution in [1.29, 1.82) is 0 Å². The number of para-hydroxylation sites is 1. The van der Waals surface area contributed by atoms with E-state index >= 15 is 0 Å². The second-order valence-corrected chi connectivity index (χ2v) is 4.68. The van der Waals surface area contributed by atoms with Crippen LogP contribution in [-0.4, -0.2) is 14.4 Å². The van der Waals surface area contributed by atoms with Crippen LogP contribution in [0.1, 0.15) is 0 Å². The molecule has 0 unspecified atom stereocenters. The smallest absolute Gasteiger partial charge is 0.340 e. The van der Waals surface area contributed by atoms with Crippen molar-refractivity contribution in [2.24, 2.45) is 0 Å². The Kier molecular flexibility index (Phi) is 2.84. The average molecular weight is 258 g/mol. The molecule has 7 heteroatoms. The molecule has 0 amide bonds. The molecule has 1 aromatic carbocycles. The second kappa shape index (κ2) is 4.17. The SMILES string of the molecule is O=c1cc(OS(=O)(=O)CF)c2ccccc2o1. The van der Waals surface area contributed by atoms with Gasteiger partial charge in [-0.3, -0.25) is 0 Å². The summed E-state index contributed by atoms with van der Waals surface area (Å²) in [7, 11) is -4.33. The zero-order valence-corrected chi connectivity index (χ0v) is 9.24. The van der Waals surface area contributed by atoms with E-state index in [1.807, 2.05) is 0 Å². The van der Waals surface area contributed by atoms with E-state index in [0.29, 0.717) is 0 Å². The zero-order chi connectivity index (χ0) is 12.5. The van der Waals surface area contributed by atoms with Gasteiger partial charge in [0.1, 0.15) is 5.58 Å². The van der Waals surface area contributed by atoms with Crippen LogP contribution in [0, 0.1) is 0 Å². The zero-order valence-electron chi connectivity index (χ0n) is 8.42. The number of hydrogen-bond donors (Lipinski definition) is 0. The maximum Gasteiger partial charge on any atom is 0.340 e. The molecule has 0 N–H and O–H groups in total. The van der Waals surface area contributed by atoms with E-state index < -0.39 is 21.8 Å². The summed E-state index contributed by atoms with van der Waals surface area (Å²) in [6, 6.07) is 5.39. The maximum atomic E-state index is 12.1. The first-order valence-electron chi connectivity index (χ1n) is 4.53. The number of hydrogen-bond acceptors (Lipinski definition) is 5. The Morgan fingerprint density at radius 3 is 2.71 bits per heavy atom. The van der Waals surface area contributed by atoms with Crippen molar-refractivity contribution in [2.75, 3.05) is 6.01 Å². The molecule has 5 nitrogen and oxygen atoms in total. The van der Waals surface area contributed by atoms with Crippen LogP contribution < -0.4 is 9.81 Å². The van der Waals surface area contributed by atoms with Crippen LogP contribution in [0.15, 0.2) is 39.5 Å². The van der Waals surface area contributed by atoms with Gasteiger partial charge in [-0.05, 0) is 12.1 Å². The van der Waals surface area contributed by atoms with Gasteiger partial charge in [0.25, 0.3) is 0 Å². The summed E-state index contributed by atoms with van der Waals surface area (Å²) in [6.45, 7) is 0. The third-order valence-electron chi connectivity index (χ3n) is 1.96. The van der Waals surface area contributed by atoms with Gasteiger partial charge >= 0.3 is 15.7 Å². The van der Waals surface area contributed by atoms with Crippen LogP contribution in [0.5, 0.6) is 5.75 Å². The number of benzene rings is 1. The molecule has 0 bridgehead atoms. The molecule has 0 atom stereocenters. The molecule has 0 saturated heterocycles. The molecule has 2 rings (SSSR count). The summed E-state index contributed by atoms with van der Waals surface area (Å²) in [6.07, 6.45) is 0. The van der Waals surface area contributed by atoms with E-state index in [9.17, 15) is 17.6 Å². The quantitative estimate of drug-likeness (QED) is 0.615. The molecule has 90 valence electrons. The van der Waals surface area contributed by atoms with Gasteiger partial charge in [-0.15, -0.1) is 0 Å². The van der Waals surface area contributed by atoms with Gasteiger partial charge in [0.05, 0.1) is 11.5 Å². The van der Waals surface area contributed by atoms with Crippen molar-refractivity contribution in [2.45, 2.75) is 0 Å². The van der Waals surface area contributed by atoms with E-state index in [0.717, 1.165) is 6.07 Å². The Balaban J connectivity index is 2.65. The van der Waals surface area contributed by atoms with Crippen LogP contribution in [0.4, 0.5) is 4.39 Å². The second-order valence-electron chi connectivity index (χ2n) is 3.18. The Hall–Kier alpha value is -1.89. The van der Waals surface area contributed by atoms with Crippen LogP contribution in [0.3, 0.4) is 0 Å². The first-order chi connectivity index (χ1) is 8.02.